The van der Waals surface area contributed by atoms with Crippen molar-refractivity contribution < 1.29 is 14.7 Å². The summed E-state index contributed by atoms with van der Waals surface area (Å²) >= 11 is 5.23. The van der Waals surface area contributed by atoms with Crippen LogP contribution in [0.5, 0.6) is 0 Å². The van der Waals surface area contributed by atoms with E-state index in [-0.39, 0.29) is 5.91 Å². The first-order chi connectivity index (χ1) is 18.0. The number of aromatic nitrogens is 1. The van der Waals surface area contributed by atoms with Gasteiger partial charge >= 0.3 is 5.97 Å². The Labute approximate surface area is 231 Å². The second-order valence-corrected chi connectivity index (χ2v) is 12.2. The lowest BCUT2D eigenvalue weighted by Gasteiger charge is -2.35. The van der Waals surface area contributed by atoms with Crippen LogP contribution < -0.4 is 10.2 Å². The molecule has 2 heterocycles. The first kappa shape index (κ1) is 27.5. The summed E-state index contributed by atoms with van der Waals surface area (Å²) in [5.74, 6) is 1.61. The van der Waals surface area contributed by atoms with Crippen LogP contribution in [-0.2, 0) is 11.3 Å². The van der Waals surface area contributed by atoms with Crippen LogP contribution in [0.2, 0.25) is 0 Å². The first-order valence-electron chi connectivity index (χ1n) is 12.4. The topological polar surface area (TPSA) is 82.5 Å². The van der Waals surface area contributed by atoms with Crippen LogP contribution in [0.15, 0.2) is 54.2 Å². The number of hydrogen-bond acceptors (Lipinski definition) is 7. The average Bonchev–Trinajstić information content (AvgIpc) is 3.45. The van der Waals surface area contributed by atoms with Gasteiger partial charge in [0.05, 0.1) is 11.7 Å². The van der Waals surface area contributed by atoms with E-state index >= 15 is 0 Å². The van der Waals surface area contributed by atoms with Gasteiger partial charge in [0.2, 0.25) is 0 Å². The predicted octanol–water partition coefficient (Wildman–Crippen LogP) is 5.96. The van der Waals surface area contributed by atoms with Crippen molar-refractivity contribution in [1.29, 1.82) is 0 Å². The maximum Gasteiger partial charge on any atom is 0.326 e. The van der Waals surface area contributed by atoms with Gasteiger partial charge in [-0.05, 0) is 84.1 Å². The van der Waals surface area contributed by atoms with Crippen LogP contribution in [0.3, 0.4) is 0 Å². The lowest BCUT2D eigenvalue weighted by atomic mass is 9.93. The van der Waals surface area contributed by atoms with E-state index in [9.17, 15) is 14.7 Å². The summed E-state index contributed by atoms with van der Waals surface area (Å²) in [4.78, 5) is 32.0. The maximum atomic E-state index is 13.4. The Morgan fingerprint density at radius 3 is 2.65 bits per heavy atom. The predicted molar refractivity (Wildman–Crippen MR) is 157 cm³/mol. The van der Waals surface area contributed by atoms with Crippen LogP contribution >= 0.6 is 34.9 Å². The van der Waals surface area contributed by atoms with E-state index in [1.807, 2.05) is 73.0 Å². The third kappa shape index (κ3) is 7.09. The quantitative estimate of drug-likeness (QED) is 0.302. The second-order valence-electron chi connectivity index (χ2n) is 9.15. The van der Waals surface area contributed by atoms with E-state index in [2.05, 4.69) is 21.3 Å². The number of carboxylic acid groups (broad SMARTS) is 1. The highest BCUT2D eigenvalue weighted by Gasteiger charge is 2.25. The number of thioether (sulfide) groups is 2. The Morgan fingerprint density at radius 1 is 1.19 bits per heavy atom. The van der Waals surface area contributed by atoms with Crippen molar-refractivity contribution in [1.82, 2.24) is 10.3 Å². The highest BCUT2D eigenvalue weighted by atomic mass is 32.2. The lowest BCUT2D eigenvalue weighted by Crippen LogP contribution is -2.41. The van der Waals surface area contributed by atoms with Crippen LogP contribution in [0, 0.1) is 6.92 Å². The monoisotopic (exact) mass is 555 g/mol. The van der Waals surface area contributed by atoms with Crippen molar-refractivity contribution >= 4 is 51.7 Å². The molecule has 1 aliphatic rings. The number of anilines is 1. The summed E-state index contributed by atoms with van der Waals surface area (Å²) < 4.78 is 0. The molecule has 0 saturated carbocycles. The summed E-state index contributed by atoms with van der Waals surface area (Å²) in [6, 6.07) is 13.5. The van der Waals surface area contributed by atoms with E-state index in [4.69, 9.17) is 0 Å². The zero-order valence-corrected chi connectivity index (χ0v) is 23.6. The number of thiazole rings is 1. The molecule has 37 heavy (non-hydrogen) atoms. The molecule has 3 aromatic rings. The third-order valence-corrected chi connectivity index (χ3v) is 9.17. The fourth-order valence-corrected chi connectivity index (χ4v) is 6.90. The van der Waals surface area contributed by atoms with Gasteiger partial charge in [0, 0.05) is 18.2 Å². The van der Waals surface area contributed by atoms with E-state index in [1.54, 1.807) is 23.1 Å². The second kappa shape index (κ2) is 13.3. The molecule has 1 fully saturated rings. The SMILES string of the molecule is CSCC[C@H](NC(=O)c1ccc(CN(c2cncs2)C2CCSCC2)cc1-c1ccccc1C)C(=O)O. The van der Waals surface area contributed by atoms with Crippen molar-refractivity contribution in [3.05, 3.63) is 70.9 Å². The number of nitrogens with zero attached hydrogens (tertiary/aromatic N) is 2. The van der Waals surface area contributed by atoms with Crippen LogP contribution in [0.4, 0.5) is 5.00 Å². The largest absolute Gasteiger partial charge is 0.480 e. The van der Waals surface area contributed by atoms with Gasteiger partial charge in [-0.2, -0.15) is 23.5 Å². The summed E-state index contributed by atoms with van der Waals surface area (Å²) in [6.07, 6.45) is 6.53. The summed E-state index contributed by atoms with van der Waals surface area (Å²) in [5.41, 5.74) is 6.34. The minimum Gasteiger partial charge on any atom is -0.480 e. The molecular weight excluding hydrogens is 523 g/mol. The van der Waals surface area contributed by atoms with Gasteiger partial charge in [-0.3, -0.25) is 9.78 Å². The maximum absolute atomic E-state index is 13.4. The smallest absolute Gasteiger partial charge is 0.326 e. The van der Waals surface area contributed by atoms with Crippen molar-refractivity contribution in [2.24, 2.45) is 0 Å². The van der Waals surface area contributed by atoms with E-state index < -0.39 is 12.0 Å². The normalized spacial score (nSPS) is 14.8. The third-order valence-electron chi connectivity index (χ3n) is 6.66. The molecular formula is C28H33N3O3S3. The number of carbonyl (C=O) groups is 2. The number of carbonyl (C=O) groups excluding carboxylic acids is 1. The molecule has 1 aliphatic heterocycles. The minimum absolute atomic E-state index is 0.359. The van der Waals surface area contributed by atoms with Gasteiger partial charge in [-0.25, -0.2) is 4.79 Å². The molecule has 4 rings (SSSR count). The highest BCUT2D eigenvalue weighted by Crippen LogP contribution is 2.33. The van der Waals surface area contributed by atoms with Crippen molar-refractivity contribution in [3.8, 4) is 11.1 Å². The van der Waals surface area contributed by atoms with Crippen molar-refractivity contribution in [3.63, 3.8) is 0 Å². The number of nitrogens with one attached hydrogen (secondary N) is 1. The molecule has 9 heteroatoms. The molecule has 1 saturated heterocycles. The molecule has 0 aliphatic carbocycles. The van der Waals surface area contributed by atoms with Gasteiger partial charge in [0.15, 0.2) is 0 Å². The molecule has 0 spiro atoms. The Morgan fingerprint density at radius 2 is 1.97 bits per heavy atom. The lowest BCUT2D eigenvalue weighted by molar-refractivity contribution is -0.139. The fraction of sp³-hybridized carbons (Fsp3) is 0.393. The molecule has 196 valence electrons. The van der Waals surface area contributed by atoms with E-state index in [0.717, 1.165) is 58.1 Å². The Hall–Kier alpha value is -2.49. The van der Waals surface area contributed by atoms with Crippen LogP contribution in [0.25, 0.3) is 11.1 Å². The molecule has 2 N–H and O–H groups in total. The number of amides is 1. The van der Waals surface area contributed by atoms with Crippen LogP contribution in [-0.4, -0.2) is 57.6 Å². The number of hydrogen-bond donors (Lipinski definition) is 2. The van der Waals surface area contributed by atoms with Gasteiger partial charge in [0.1, 0.15) is 11.0 Å². The molecule has 1 atom stereocenters. The Kier molecular flexibility index (Phi) is 9.94. The molecule has 0 radical (unpaired) electrons. The van der Waals surface area contributed by atoms with Crippen LogP contribution in [0.1, 0.15) is 40.7 Å². The minimum atomic E-state index is -1.01. The first-order valence-corrected chi connectivity index (χ1v) is 15.8. The standard InChI is InChI=1S/C28H33N3O3S3/c1-19-5-3-4-6-22(19)24-15-20(7-8-23(24)27(32)30-25(28(33)34)11-12-35-2)17-31(26-16-29-18-37-26)21-9-13-36-14-10-21/h3-8,15-16,18,21,25H,9-14,17H2,1-2H3,(H,30,32)(H,33,34)/t25-/m0/s1. The molecule has 6 nitrogen and oxygen atoms in total. The van der Waals surface area contributed by atoms with Gasteiger partial charge in [-0.15, -0.1) is 11.3 Å². The molecule has 2 aromatic carbocycles. The zero-order chi connectivity index (χ0) is 26.2. The van der Waals surface area contributed by atoms with Gasteiger partial charge < -0.3 is 15.3 Å². The Balaban J connectivity index is 1.68. The van der Waals surface area contributed by atoms with E-state index in [1.165, 1.54) is 0 Å². The summed E-state index contributed by atoms with van der Waals surface area (Å²) in [7, 11) is 0. The molecule has 1 aromatic heterocycles. The van der Waals surface area contributed by atoms with Crippen molar-refractivity contribution in [2.45, 2.75) is 44.8 Å². The number of benzene rings is 2. The highest BCUT2D eigenvalue weighted by molar-refractivity contribution is 7.99. The van der Waals surface area contributed by atoms with Gasteiger partial charge in [-0.1, -0.05) is 30.3 Å². The van der Waals surface area contributed by atoms with Crippen molar-refractivity contribution in [2.75, 3.05) is 28.4 Å². The fourth-order valence-electron chi connectivity index (χ4n) is 4.65. The summed E-state index contributed by atoms with van der Waals surface area (Å²) in [5, 5.41) is 13.6. The number of carboxylic acids is 1. The zero-order valence-electron chi connectivity index (χ0n) is 21.2. The number of aliphatic carboxylic acids is 1. The average molecular weight is 556 g/mol. The molecule has 1 amide bonds. The van der Waals surface area contributed by atoms with E-state index in [0.29, 0.717) is 23.8 Å². The number of aryl methyl sites for hydroxylation is 1. The van der Waals surface area contributed by atoms with Gasteiger partial charge in [0.25, 0.3) is 5.91 Å². The molecule has 0 bridgehead atoms. The number of rotatable bonds is 11. The Bertz CT molecular complexity index is 1200. The molecule has 0 unspecified atom stereocenters. The summed E-state index contributed by atoms with van der Waals surface area (Å²) in [6.45, 7) is 2.76.